The molecule has 0 aliphatic carbocycles. The maximum Gasteiger partial charge on any atom is 0.274 e. The lowest BCUT2D eigenvalue weighted by Gasteiger charge is -2.30. The molecule has 3 aromatic rings. The van der Waals surface area contributed by atoms with Gasteiger partial charge >= 0.3 is 0 Å². The van der Waals surface area contributed by atoms with Crippen LogP contribution in [0, 0.1) is 12.8 Å². The number of rotatable bonds is 6. The summed E-state index contributed by atoms with van der Waals surface area (Å²) in [5.74, 6) is 0.117. The van der Waals surface area contributed by atoms with Crippen molar-refractivity contribution in [1.82, 2.24) is 30.4 Å². The smallest absolute Gasteiger partial charge is 0.274 e. The van der Waals surface area contributed by atoms with Gasteiger partial charge in [0.25, 0.3) is 5.91 Å². The first-order valence-corrected chi connectivity index (χ1v) is 11.1. The number of pyridine rings is 2. The third-order valence-electron chi connectivity index (χ3n) is 5.72. The molecule has 9 nitrogen and oxygen atoms in total. The fourth-order valence-electron chi connectivity index (χ4n) is 3.75. The summed E-state index contributed by atoms with van der Waals surface area (Å²) >= 11 is 6.24. The van der Waals surface area contributed by atoms with Crippen molar-refractivity contribution < 1.29 is 14.3 Å². The number of amides is 2. The van der Waals surface area contributed by atoms with Crippen LogP contribution in [0.1, 0.15) is 34.6 Å². The second kappa shape index (κ2) is 9.99. The molecule has 172 valence electrons. The minimum Gasteiger partial charge on any atom is -0.481 e. The van der Waals surface area contributed by atoms with Crippen molar-refractivity contribution in [3.63, 3.8) is 0 Å². The lowest BCUT2D eigenvalue weighted by molar-refractivity contribution is -0.126. The van der Waals surface area contributed by atoms with Crippen LogP contribution in [0.5, 0.6) is 5.88 Å². The molecule has 0 atom stereocenters. The maximum absolute atomic E-state index is 12.9. The minimum absolute atomic E-state index is 0.00556. The quantitative estimate of drug-likeness (QED) is 0.575. The summed E-state index contributed by atoms with van der Waals surface area (Å²) in [4.78, 5) is 35.5. The van der Waals surface area contributed by atoms with Gasteiger partial charge in [0.15, 0.2) is 5.69 Å². The summed E-state index contributed by atoms with van der Waals surface area (Å²) in [7, 11) is 1.52. The van der Waals surface area contributed by atoms with E-state index in [1.165, 1.54) is 13.3 Å². The highest BCUT2D eigenvalue weighted by molar-refractivity contribution is 6.33. The predicted molar refractivity (Wildman–Crippen MR) is 123 cm³/mol. The number of aryl methyl sites for hydroxylation is 1. The fourth-order valence-corrected chi connectivity index (χ4v) is 3.96. The van der Waals surface area contributed by atoms with Crippen LogP contribution in [0.2, 0.25) is 5.02 Å². The van der Waals surface area contributed by atoms with E-state index in [9.17, 15) is 9.59 Å². The van der Waals surface area contributed by atoms with Gasteiger partial charge in [0.1, 0.15) is 0 Å². The molecule has 0 bridgehead atoms. The Morgan fingerprint density at radius 2 is 2.00 bits per heavy atom. The lowest BCUT2D eigenvalue weighted by Crippen LogP contribution is -2.43. The van der Waals surface area contributed by atoms with Gasteiger partial charge in [0.05, 0.1) is 24.0 Å². The van der Waals surface area contributed by atoms with Gasteiger partial charge in [-0.25, -0.2) is 4.98 Å². The van der Waals surface area contributed by atoms with Gasteiger partial charge in [-0.05, 0) is 37.5 Å². The van der Waals surface area contributed by atoms with E-state index in [4.69, 9.17) is 16.3 Å². The minimum atomic E-state index is -0.181. The number of aromatic amines is 1. The molecule has 4 rings (SSSR count). The van der Waals surface area contributed by atoms with Crippen molar-refractivity contribution in [3.8, 4) is 17.1 Å². The monoisotopic (exact) mass is 468 g/mol. The number of carbonyl (C=O) groups is 2. The number of likely N-dealkylation sites (tertiary alicyclic amines) is 1. The third kappa shape index (κ3) is 5.31. The second-order valence-electron chi connectivity index (χ2n) is 7.97. The molecule has 10 heteroatoms. The molecule has 1 aliphatic heterocycles. The number of carbonyl (C=O) groups excluding carboxylic acids is 2. The van der Waals surface area contributed by atoms with Crippen molar-refractivity contribution in [3.05, 3.63) is 58.6 Å². The average Bonchev–Trinajstić information content (AvgIpc) is 3.33. The third-order valence-corrected chi connectivity index (χ3v) is 6.02. The van der Waals surface area contributed by atoms with E-state index in [1.54, 1.807) is 23.2 Å². The van der Waals surface area contributed by atoms with Gasteiger partial charge in [-0.1, -0.05) is 17.7 Å². The largest absolute Gasteiger partial charge is 0.481 e. The first-order valence-electron chi connectivity index (χ1n) is 10.7. The average molecular weight is 469 g/mol. The zero-order chi connectivity index (χ0) is 23.4. The Labute approximate surface area is 196 Å². The van der Waals surface area contributed by atoms with Gasteiger partial charge in [-0.2, -0.15) is 5.10 Å². The van der Waals surface area contributed by atoms with Crippen molar-refractivity contribution >= 4 is 23.4 Å². The molecule has 1 fully saturated rings. The SMILES string of the molecule is COc1cc(-c2cc(C(=O)N3CCC(C(=O)NCc4ccc(C)nc4)CC3)n[nH]2)c(Cl)cn1. The van der Waals surface area contributed by atoms with Crippen LogP contribution in [0.25, 0.3) is 11.3 Å². The summed E-state index contributed by atoms with van der Waals surface area (Å²) in [5, 5.41) is 10.4. The highest BCUT2D eigenvalue weighted by atomic mass is 35.5. The van der Waals surface area contributed by atoms with Crippen molar-refractivity contribution in [2.45, 2.75) is 26.3 Å². The summed E-state index contributed by atoms with van der Waals surface area (Å²) in [5.41, 5.74) is 3.45. The van der Waals surface area contributed by atoms with Gasteiger partial charge in [-0.3, -0.25) is 19.7 Å². The maximum atomic E-state index is 12.9. The lowest BCUT2D eigenvalue weighted by atomic mass is 9.95. The van der Waals surface area contributed by atoms with Gasteiger partial charge in [0, 0.05) is 49.1 Å². The number of hydrogen-bond acceptors (Lipinski definition) is 6. The van der Waals surface area contributed by atoms with Crippen LogP contribution in [0.3, 0.4) is 0 Å². The number of ether oxygens (including phenoxy) is 1. The van der Waals surface area contributed by atoms with Gasteiger partial charge < -0.3 is 15.0 Å². The molecule has 0 unspecified atom stereocenters. The van der Waals surface area contributed by atoms with E-state index >= 15 is 0 Å². The van der Waals surface area contributed by atoms with Crippen LogP contribution >= 0.6 is 11.6 Å². The number of hydrogen-bond donors (Lipinski definition) is 2. The summed E-state index contributed by atoms with van der Waals surface area (Å²) in [6.07, 6.45) is 4.47. The van der Waals surface area contributed by atoms with Crippen LogP contribution in [-0.2, 0) is 11.3 Å². The highest BCUT2D eigenvalue weighted by Gasteiger charge is 2.29. The molecule has 1 aliphatic rings. The topological polar surface area (TPSA) is 113 Å². The fraction of sp³-hybridized carbons (Fsp3) is 0.348. The van der Waals surface area contributed by atoms with Crippen molar-refractivity contribution in [1.29, 1.82) is 0 Å². The van der Waals surface area contributed by atoms with E-state index < -0.39 is 0 Å². The van der Waals surface area contributed by atoms with E-state index in [0.717, 1.165) is 11.3 Å². The number of aromatic nitrogens is 4. The van der Waals surface area contributed by atoms with Crippen molar-refractivity contribution in [2.24, 2.45) is 5.92 Å². The standard InChI is InChI=1S/C23H25ClN6O3/c1-14-3-4-15(11-25-14)12-27-22(31)16-5-7-30(8-6-16)23(32)20-10-19(28-29-20)17-9-21(33-2)26-13-18(17)24/h3-4,9-11,13,16H,5-8,12H2,1-2H3,(H,27,31)(H,28,29). The van der Waals surface area contributed by atoms with E-state index in [1.807, 2.05) is 19.1 Å². The molecule has 2 N–H and O–H groups in total. The number of nitrogens with one attached hydrogen (secondary N) is 2. The number of nitrogens with zero attached hydrogens (tertiary/aromatic N) is 4. The zero-order valence-electron chi connectivity index (χ0n) is 18.5. The molecule has 1 saturated heterocycles. The predicted octanol–water partition coefficient (Wildman–Crippen LogP) is 3.01. The van der Waals surface area contributed by atoms with E-state index in [2.05, 4.69) is 25.5 Å². The van der Waals surface area contributed by atoms with Crippen LogP contribution in [0.15, 0.2) is 36.7 Å². The molecule has 4 heterocycles. The Morgan fingerprint density at radius 3 is 2.70 bits per heavy atom. The molecule has 33 heavy (non-hydrogen) atoms. The number of methoxy groups -OCH3 is 1. The summed E-state index contributed by atoms with van der Waals surface area (Å²) in [6, 6.07) is 7.22. The van der Waals surface area contributed by atoms with Gasteiger partial charge in [0.2, 0.25) is 11.8 Å². The Kier molecular flexibility index (Phi) is 6.88. The molecule has 0 radical (unpaired) electrons. The summed E-state index contributed by atoms with van der Waals surface area (Å²) < 4.78 is 5.14. The molecular weight excluding hydrogens is 444 g/mol. The Hall–Kier alpha value is -3.46. The molecule has 0 saturated carbocycles. The molecular formula is C23H25ClN6O3. The van der Waals surface area contributed by atoms with Crippen LogP contribution in [-0.4, -0.2) is 57.1 Å². The number of halogens is 1. The molecule has 0 spiro atoms. The highest BCUT2D eigenvalue weighted by Crippen LogP contribution is 2.29. The van der Waals surface area contributed by atoms with Gasteiger partial charge in [-0.15, -0.1) is 0 Å². The van der Waals surface area contributed by atoms with Crippen molar-refractivity contribution in [2.75, 3.05) is 20.2 Å². The van der Waals surface area contributed by atoms with Crippen LogP contribution in [0.4, 0.5) is 0 Å². The molecule has 3 aromatic heterocycles. The molecule has 2 amide bonds. The normalized spacial score (nSPS) is 14.2. The van der Waals surface area contributed by atoms with E-state index in [0.29, 0.717) is 60.3 Å². The summed E-state index contributed by atoms with van der Waals surface area (Å²) in [6.45, 7) is 3.36. The Balaban J connectivity index is 1.32. The Bertz CT molecular complexity index is 1140. The number of piperidine rings is 1. The first-order chi connectivity index (χ1) is 15.9. The Morgan fingerprint density at radius 1 is 1.21 bits per heavy atom. The first kappa shape index (κ1) is 22.7. The number of H-pyrrole nitrogens is 1. The second-order valence-corrected chi connectivity index (χ2v) is 8.37. The van der Waals surface area contributed by atoms with Crippen LogP contribution < -0.4 is 10.1 Å². The molecule has 0 aromatic carbocycles. The van der Waals surface area contributed by atoms with E-state index in [-0.39, 0.29) is 17.7 Å². The zero-order valence-corrected chi connectivity index (χ0v) is 19.2.